The molecule has 0 aromatic carbocycles. The molecular weight excluding hydrogens is 273 g/mol. The van der Waals surface area contributed by atoms with Crippen LogP contribution in [0.15, 0.2) is 30.5 Å². The zero-order valence-electron chi connectivity index (χ0n) is 7.61. The minimum absolute atomic E-state index is 0. The van der Waals surface area contributed by atoms with Gasteiger partial charge in [0, 0.05) is 16.6 Å². The molecule has 80 valence electrons. The van der Waals surface area contributed by atoms with E-state index in [-0.39, 0.29) is 12.4 Å². The van der Waals surface area contributed by atoms with Crippen LogP contribution in [0.4, 0.5) is 0 Å². The molecule has 2 aromatic heterocycles. The first-order chi connectivity index (χ1) is 6.79. The van der Waals surface area contributed by atoms with Crippen molar-refractivity contribution in [3.8, 4) is 10.4 Å². The lowest BCUT2D eigenvalue weighted by molar-refractivity contribution is 1.17. The highest BCUT2D eigenvalue weighted by Gasteiger charge is 2.01. The Morgan fingerprint density at radius 3 is 2.47 bits per heavy atom. The summed E-state index contributed by atoms with van der Waals surface area (Å²) in [6.07, 6.45) is 1.82. The normalized spacial score (nSPS) is 9.73. The van der Waals surface area contributed by atoms with Gasteiger partial charge in [-0.15, -0.1) is 35.3 Å². The maximum atomic E-state index is 5.85. The summed E-state index contributed by atoms with van der Waals surface area (Å²) in [5.74, 6) is 0.450. The van der Waals surface area contributed by atoms with Gasteiger partial charge < -0.3 is 0 Å². The number of pyridine rings is 1. The number of rotatable bonds is 2. The molecular formula is C10H8Cl3NS. The highest BCUT2D eigenvalue weighted by molar-refractivity contribution is 7.19. The fourth-order valence-corrected chi connectivity index (χ4v) is 2.31. The topological polar surface area (TPSA) is 12.9 Å². The minimum Gasteiger partial charge on any atom is -0.259 e. The number of hydrogen-bond acceptors (Lipinski definition) is 2. The Kier molecular flexibility index (Phi) is 4.87. The smallest absolute Gasteiger partial charge is 0.0934 e. The van der Waals surface area contributed by atoms with Gasteiger partial charge in [-0.05, 0) is 18.2 Å². The standard InChI is InChI=1S/C10H7Cl2NS.ClH/c11-5-8-2-1-7(6-13-8)9-3-4-10(12)14-9;/h1-4,6H,5H2;1H. The number of thiophene rings is 1. The summed E-state index contributed by atoms with van der Waals surface area (Å²) in [5.41, 5.74) is 1.97. The number of nitrogens with zero attached hydrogens (tertiary/aromatic N) is 1. The molecule has 0 spiro atoms. The first kappa shape index (κ1) is 12.8. The number of halogens is 3. The van der Waals surface area contributed by atoms with Gasteiger partial charge in [0.25, 0.3) is 0 Å². The monoisotopic (exact) mass is 279 g/mol. The van der Waals surface area contributed by atoms with Gasteiger partial charge in [-0.2, -0.15) is 0 Å². The lowest BCUT2D eigenvalue weighted by Gasteiger charge is -1.97. The van der Waals surface area contributed by atoms with Crippen LogP contribution in [-0.2, 0) is 5.88 Å². The van der Waals surface area contributed by atoms with E-state index in [1.165, 1.54) is 0 Å². The molecule has 0 saturated heterocycles. The molecule has 0 aliphatic carbocycles. The highest BCUT2D eigenvalue weighted by atomic mass is 35.5. The van der Waals surface area contributed by atoms with Crippen molar-refractivity contribution >= 4 is 46.9 Å². The van der Waals surface area contributed by atoms with Gasteiger partial charge >= 0.3 is 0 Å². The van der Waals surface area contributed by atoms with E-state index in [4.69, 9.17) is 23.2 Å². The van der Waals surface area contributed by atoms with Crippen molar-refractivity contribution in [1.29, 1.82) is 0 Å². The summed E-state index contributed by atoms with van der Waals surface area (Å²) in [4.78, 5) is 5.34. The van der Waals surface area contributed by atoms with E-state index in [1.807, 2.05) is 30.5 Å². The second-order valence-electron chi connectivity index (χ2n) is 2.78. The first-order valence-corrected chi connectivity index (χ1v) is 5.79. The Labute approximate surface area is 108 Å². The number of hydrogen-bond donors (Lipinski definition) is 0. The van der Waals surface area contributed by atoms with E-state index in [2.05, 4.69) is 4.98 Å². The van der Waals surface area contributed by atoms with Gasteiger partial charge in [-0.1, -0.05) is 17.7 Å². The average molecular weight is 281 g/mol. The maximum Gasteiger partial charge on any atom is 0.0934 e. The van der Waals surface area contributed by atoms with Gasteiger partial charge in [0.1, 0.15) is 0 Å². The van der Waals surface area contributed by atoms with Crippen molar-refractivity contribution in [3.05, 3.63) is 40.5 Å². The third kappa shape index (κ3) is 3.08. The average Bonchev–Trinajstić information content (AvgIpc) is 2.65. The van der Waals surface area contributed by atoms with Crippen LogP contribution in [-0.4, -0.2) is 4.98 Å². The van der Waals surface area contributed by atoms with Crippen molar-refractivity contribution in [2.24, 2.45) is 0 Å². The second-order valence-corrected chi connectivity index (χ2v) is 4.76. The molecule has 2 rings (SSSR count). The molecule has 15 heavy (non-hydrogen) atoms. The van der Waals surface area contributed by atoms with Crippen molar-refractivity contribution in [2.75, 3.05) is 0 Å². The molecule has 0 aliphatic rings. The summed E-state index contributed by atoms with van der Waals surface area (Å²) in [6, 6.07) is 7.81. The molecule has 0 unspecified atom stereocenters. The van der Waals surface area contributed by atoms with E-state index in [0.29, 0.717) is 5.88 Å². The highest BCUT2D eigenvalue weighted by Crippen LogP contribution is 2.30. The minimum atomic E-state index is 0. The van der Waals surface area contributed by atoms with Crippen LogP contribution in [0, 0.1) is 0 Å². The summed E-state index contributed by atoms with van der Waals surface area (Å²) in [7, 11) is 0. The Balaban J connectivity index is 0.00000112. The Bertz CT molecular complexity index is 424. The van der Waals surface area contributed by atoms with E-state index < -0.39 is 0 Å². The second kappa shape index (κ2) is 5.71. The van der Waals surface area contributed by atoms with Crippen LogP contribution in [0.3, 0.4) is 0 Å². The summed E-state index contributed by atoms with van der Waals surface area (Å²) >= 11 is 13.0. The van der Waals surface area contributed by atoms with Gasteiger partial charge in [-0.3, -0.25) is 4.98 Å². The lowest BCUT2D eigenvalue weighted by atomic mass is 10.2. The third-order valence-corrected chi connectivity index (χ3v) is 3.37. The predicted molar refractivity (Wildman–Crippen MR) is 69.4 cm³/mol. The van der Waals surface area contributed by atoms with Crippen LogP contribution in [0.1, 0.15) is 5.69 Å². The summed E-state index contributed by atoms with van der Waals surface area (Å²) < 4.78 is 0.793. The molecule has 0 saturated carbocycles. The molecule has 2 aromatic rings. The van der Waals surface area contributed by atoms with Crippen molar-refractivity contribution in [2.45, 2.75) is 5.88 Å². The van der Waals surface area contributed by atoms with Gasteiger partial charge in [0.15, 0.2) is 0 Å². The van der Waals surface area contributed by atoms with E-state index in [9.17, 15) is 0 Å². The molecule has 1 nitrogen and oxygen atoms in total. The van der Waals surface area contributed by atoms with Gasteiger partial charge in [0.05, 0.1) is 15.9 Å². The molecule has 0 aliphatic heterocycles. The molecule has 0 radical (unpaired) electrons. The number of alkyl halides is 1. The number of aromatic nitrogens is 1. The van der Waals surface area contributed by atoms with E-state index >= 15 is 0 Å². The van der Waals surface area contributed by atoms with Crippen LogP contribution >= 0.6 is 46.9 Å². The molecule has 0 fully saturated rings. The zero-order chi connectivity index (χ0) is 9.97. The largest absolute Gasteiger partial charge is 0.259 e. The molecule has 0 N–H and O–H groups in total. The maximum absolute atomic E-state index is 5.85. The fraction of sp³-hybridized carbons (Fsp3) is 0.100. The Morgan fingerprint density at radius 2 is 2.00 bits per heavy atom. The molecule has 0 atom stereocenters. The zero-order valence-corrected chi connectivity index (χ0v) is 10.8. The molecule has 2 heterocycles. The quantitative estimate of drug-likeness (QED) is 0.731. The van der Waals surface area contributed by atoms with Crippen LogP contribution in [0.5, 0.6) is 0 Å². The van der Waals surface area contributed by atoms with Gasteiger partial charge in [-0.25, -0.2) is 0 Å². The lowest BCUT2D eigenvalue weighted by Crippen LogP contribution is -1.83. The Hall–Kier alpha value is -0.280. The first-order valence-electron chi connectivity index (χ1n) is 4.06. The van der Waals surface area contributed by atoms with E-state index in [1.54, 1.807) is 11.3 Å². The van der Waals surface area contributed by atoms with Crippen molar-refractivity contribution < 1.29 is 0 Å². The SMILES string of the molecule is Cl.ClCc1ccc(-c2ccc(Cl)s2)cn1. The Morgan fingerprint density at radius 1 is 1.20 bits per heavy atom. The van der Waals surface area contributed by atoms with Crippen LogP contribution < -0.4 is 0 Å². The third-order valence-electron chi connectivity index (χ3n) is 1.82. The van der Waals surface area contributed by atoms with Crippen LogP contribution in [0.2, 0.25) is 4.34 Å². The van der Waals surface area contributed by atoms with Gasteiger partial charge in [0.2, 0.25) is 0 Å². The molecule has 0 amide bonds. The van der Waals surface area contributed by atoms with Crippen LogP contribution in [0.25, 0.3) is 10.4 Å². The van der Waals surface area contributed by atoms with E-state index in [0.717, 1.165) is 20.5 Å². The predicted octanol–water partition coefficient (Wildman–Crippen LogP) is 4.62. The fourth-order valence-electron chi connectivity index (χ4n) is 1.12. The summed E-state index contributed by atoms with van der Waals surface area (Å²) in [6.45, 7) is 0. The summed E-state index contributed by atoms with van der Waals surface area (Å²) in [5, 5.41) is 0. The molecule has 0 bridgehead atoms. The molecule has 5 heteroatoms. The van der Waals surface area contributed by atoms with Crippen molar-refractivity contribution in [1.82, 2.24) is 4.98 Å². The van der Waals surface area contributed by atoms with Crippen molar-refractivity contribution in [3.63, 3.8) is 0 Å².